The fourth-order valence-electron chi connectivity index (χ4n) is 15.1. The van der Waals surface area contributed by atoms with Crippen LogP contribution in [0.1, 0.15) is 135 Å². The molecule has 1 unspecified atom stereocenters. The first kappa shape index (κ1) is 27.5. The van der Waals surface area contributed by atoms with Gasteiger partial charge >= 0.3 is 17.9 Å². The molecular weight excluding hydrogens is 552 g/mol. The molecule has 13 saturated carbocycles. The Morgan fingerprint density at radius 2 is 0.705 bits per heavy atom. The molecule has 240 valence electrons. The molecular formula is C38H52O6. The minimum absolute atomic E-state index is 0.168. The summed E-state index contributed by atoms with van der Waals surface area (Å²) in [6.07, 6.45) is 21.3. The van der Waals surface area contributed by atoms with Crippen molar-refractivity contribution in [1.29, 1.82) is 0 Å². The molecule has 0 aromatic carbocycles. The van der Waals surface area contributed by atoms with Crippen molar-refractivity contribution in [1.82, 2.24) is 0 Å². The van der Waals surface area contributed by atoms with Crippen LogP contribution in [0.4, 0.5) is 0 Å². The Morgan fingerprint density at radius 3 is 1.02 bits per heavy atom. The van der Waals surface area contributed by atoms with Crippen molar-refractivity contribution in [2.24, 2.45) is 64.6 Å². The first-order chi connectivity index (χ1) is 21.2. The highest BCUT2D eigenvalue weighted by atomic mass is 16.6. The third-order valence-corrected chi connectivity index (χ3v) is 15.5. The Morgan fingerprint density at radius 1 is 0.409 bits per heavy atom. The number of carbonyl (C=O) groups is 3. The van der Waals surface area contributed by atoms with Gasteiger partial charge in [0.2, 0.25) is 0 Å². The van der Waals surface area contributed by atoms with Gasteiger partial charge in [0.25, 0.3) is 0 Å². The molecule has 0 radical (unpaired) electrons. The van der Waals surface area contributed by atoms with Gasteiger partial charge in [-0.25, -0.2) is 0 Å². The summed E-state index contributed by atoms with van der Waals surface area (Å²) < 4.78 is 19.8. The van der Waals surface area contributed by atoms with Crippen LogP contribution in [0.2, 0.25) is 0 Å². The Hall–Kier alpha value is -1.59. The fourth-order valence-corrected chi connectivity index (χ4v) is 15.1. The lowest BCUT2D eigenvalue weighted by Gasteiger charge is -2.57. The van der Waals surface area contributed by atoms with Crippen molar-refractivity contribution in [3.8, 4) is 0 Å². The van der Waals surface area contributed by atoms with Crippen LogP contribution in [0.15, 0.2) is 0 Å². The molecule has 13 rings (SSSR count). The molecule has 1 atom stereocenters. The average molecular weight is 605 g/mol. The number of esters is 3. The largest absolute Gasteiger partial charge is 0.459 e. The quantitative estimate of drug-likeness (QED) is 0.180. The number of rotatable bonds is 6. The van der Waals surface area contributed by atoms with Gasteiger partial charge in [-0.3, -0.25) is 14.4 Å². The zero-order valence-electron chi connectivity index (χ0n) is 26.6. The van der Waals surface area contributed by atoms with Gasteiger partial charge in [-0.2, -0.15) is 0 Å². The summed E-state index contributed by atoms with van der Waals surface area (Å²) in [4.78, 5) is 43.1. The SMILES string of the molecule is O=C(OC12CC3CC(CC(C3)C1)C2)C1CCC(C(=O)OC23CC4CC(CC(C4)C2)C3)(C(=O)OC23CC4CC(CC(C4)C2)C3)C1. The van der Waals surface area contributed by atoms with Crippen LogP contribution in [0.3, 0.4) is 0 Å². The van der Waals surface area contributed by atoms with E-state index in [4.69, 9.17) is 14.2 Å². The highest BCUT2D eigenvalue weighted by molar-refractivity contribution is 6.01. The molecule has 0 amide bonds. The van der Waals surface area contributed by atoms with Gasteiger partial charge in [0.1, 0.15) is 16.8 Å². The van der Waals surface area contributed by atoms with Gasteiger partial charge < -0.3 is 14.2 Å². The normalized spacial score (nSPS) is 55.4. The maximum atomic E-state index is 14.6. The summed E-state index contributed by atoms with van der Waals surface area (Å²) in [5.74, 6) is 4.63. The van der Waals surface area contributed by atoms with E-state index in [9.17, 15) is 14.4 Å². The van der Waals surface area contributed by atoms with E-state index < -0.39 is 22.5 Å². The van der Waals surface area contributed by atoms with E-state index in [1.54, 1.807) is 0 Å². The van der Waals surface area contributed by atoms with Crippen LogP contribution in [-0.2, 0) is 28.6 Å². The summed E-state index contributed by atoms with van der Waals surface area (Å²) in [5.41, 5.74) is -2.52. The molecule has 13 aliphatic carbocycles. The molecule has 0 aromatic heterocycles. The summed E-state index contributed by atoms with van der Waals surface area (Å²) >= 11 is 0. The lowest BCUT2D eigenvalue weighted by molar-refractivity contribution is -0.213. The smallest absolute Gasteiger partial charge is 0.324 e. The van der Waals surface area contributed by atoms with Crippen LogP contribution in [-0.4, -0.2) is 34.7 Å². The zero-order chi connectivity index (χ0) is 29.5. The predicted octanol–water partition coefficient (Wildman–Crippen LogP) is 7.31. The number of ether oxygens (including phenoxy) is 3. The molecule has 0 aromatic rings. The zero-order valence-corrected chi connectivity index (χ0v) is 26.6. The van der Waals surface area contributed by atoms with Crippen LogP contribution in [0.25, 0.3) is 0 Å². The lowest BCUT2D eigenvalue weighted by atomic mass is 9.54. The maximum Gasteiger partial charge on any atom is 0.324 e. The topological polar surface area (TPSA) is 78.9 Å². The third-order valence-electron chi connectivity index (χ3n) is 15.5. The fraction of sp³-hybridized carbons (Fsp3) is 0.921. The molecule has 6 heteroatoms. The summed E-state index contributed by atoms with van der Waals surface area (Å²) in [6.45, 7) is 0. The molecule has 13 aliphatic rings. The van der Waals surface area contributed by atoms with Crippen LogP contribution < -0.4 is 0 Å². The van der Waals surface area contributed by atoms with Gasteiger partial charge in [0.15, 0.2) is 5.41 Å². The molecule has 44 heavy (non-hydrogen) atoms. The second kappa shape index (κ2) is 9.27. The molecule has 0 N–H and O–H groups in total. The molecule has 0 heterocycles. The van der Waals surface area contributed by atoms with E-state index in [2.05, 4.69) is 0 Å². The molecule has 13 fully saturated rings. The van der Waals surface area contributed by atoms with Gasteiger partial charge in [-0.05, 0) is 188 Å². The second-order valence-electron chi connectivity index (χ2n) is 19.0. The second-order valence-corrected chi connectivity index (χ2v) is 19.0. The number of hydrogen-bond acceptors (Lipinski definition) is 6. The molecule has 12 bridgehead atoms. The Kier molecular flexibility index (Phi) is 5.80. The predicted molar refractivity (Wildman–Crippen MR) is 161 cm³/mol. The van der Waals surface area contributed by atoms with Crippen LogP contribution in [0.5, 0.6) is 0 Å². The van der Waals surface area contributed by atoms with Gasteiger partial charge in [0.05, 0.1) is 5.92 Å². The highest BCUT2D eigenvalue weighted by Gasteiger charge is 2.63. The minimum Gasteiger partial charge on any atom is -0.459 e. The van der Waals surface area contributed by atoms with Crippen molar-refractivity contribution >= 4 is 17.9 Å². The average Bonchev–Trinajstić information content (AvgIpc) is 3.38. The van der Waals surface area contributed by atoms with Crippen molar-refractivity contribution in [2.75, 3.05) is 0 Å². The first-order valence-electron chi connectivity index (χ1n) is 18.9. The van der Waals surface area contributed by atoms with Gasteiger partial charge in [-0.15, -0.1) is 0 Å². The monoisotopic (exact) mass is 604 g/mol. The van der Waals surface area contributed by atoms with E-state index in [0.717, 1.165) is 57.8 Å². The number of carbonyl (C=O) groups excluding carboxylic acids is 3. The summed E-state index contributed by atoms with van der Waals surface area (Å²) in [5, 5.41) is 0. The molecule has 0 aliphatic heterocycles. The van der Waals surface area contributed by atoms with Gasteiger partial charge in [0, 0.05) is 0 Å². The molecule has 6 nitrogen and oxygen atoms in total. The summed E-state index contributed by atoms with van der Waals surface area (Å²) in [7, 11) is 0. The van der Waals surface area contributed by atoms with Gasteiger partial charge in [-0.1, -0.05) is 0 Å². The van der Waals surface area contributed by atoms with E-state index in [0.29, 0.717) is 66.1 Å². The van der Waals surface area contributed by atoms with Crippen molar-refractivity contribution in [3.63, 3.8) is 0 Å². The lowest BCUT2D eigenvalue weighted by Crippen LogP contribution is -2.57. The Labute approximate surface area is 262 Å². The van der Waals surface area contributed by atoms with E-state index in [-0.39, 0.29) is 29.9 Å². The van der Waals surface area contributed by atoms with Crippen molar-refractivity contribution in [3.05, 3.63) is 0 Å². The summed E-state index contributed by atoms with van der Waals surface area (Å²) in [6, 6.07) is 0. The van der Waals surface area contributed by atoms with E-state index >= 15 is 0 Å². The Balaban J connectivity index is 0.914. The third kappa shape index (κ3) is 4.26. The minimum atomic E-state index is -1.38. The molecule has 0 saturated heterocycles. The van der Waals surface area contributed by atoms with Crippen LogP contribution >= 0.6 is 0 Å². The van der Waals surface area contributed by atoms with Crippen molar-refractivity contribution in [2.45, 2.75) is 152 Å². The Bertz CT molecular complexity index is 1100. The first-order valence-corrected chi connectivity index (χ1v) is 18.9. The number of hydrogen-bond donors (Lipinski definition) is 0. The van der Waals surface area contributed by atoms with Crippen molar-refractivity contribution < 1.29 is 28.6 Å². The van der Waals surface area contributed by atoms with E-state index in [1.165, 1.54) is 57.8 Å². The standard InChI is InChI=1S/C38H52O6/c39-32(42-35-12-22-3-23(13-35)5-24(4-22)14-35)31-1-2-38(21-31,33(40)43-36-15-25-6-26(16-36)8-27(7-25)17-36)34(41)44-37-18-28-9-29(19-37)11-30(10-28)20-37/h22-31H,1-21H2. The maximum absolute atomic E-state index is 14.6. The highest BCUT2D eigenvalue weighted by Crippen LogP contribution is 2.61. The van der Waals surface area contributed by atoms with Crippen LogP contribution in [0, 0.1) is 64.6 Å². The van der Waals surface area contributed by atoms with E-state index in [1.807, 2.05) is 0 Å². The molecule has 0 spiro atoms.